The van der Waals surface area contributed by atoms with Crippen LogP contribution in [0.4, 0.5) is 0 Å². The molecule has 0 atom stereocenters. The standard InChI is InChI=1S/C14H16N2O/c1-11-6-3-4-7-12(11)10-15-14(17)13-8-5-9-16(13)2/h3-9H,10H2,1-2H3,(H,15,17). The topological polar surface area (TPSA) is 34.0 Å². The zero-order valence-corrected chi connectivity index (χ0v) is 10.1. The van der Waals surface area contributed by atoms with Gasteiger partial charge in [0.1, 0.15) is 5.69 Å². The van der Waals surface area contributed by atoms with Gasteiger partial charge in [0.05, 0.1) is 0 Å². The molecule has 17 heavy (non-hydrogen) atoms. The molecular weight excluding hydrogens is 212 g/mol. The number of carbonyl (C=O) groups excluding carboxylic acids is 1. The van der Waals surface area contributed by atoms with Gasteiger partial charge in [-0.2, -0.15) is 0 Å². The first kappa shape index (κ1) is 11.5. The van der Waals surface area contributed by atoms with E-state index in [1.54, 1.807) is 0 Å². The maximum atomic E-state index is 11.9. The van der Waals surface area contributed by atoms with Crippen LogP contribution in [0.3, 0.4) is 0 Å². The van der Waals surface area contributed by atoms with Crippen LogP contribution >= 0.6 is 0 Å². The van der Waals surface area contributed by atoms with Crippen LogP contribution in [0.2, 0.25) is 0 Å². The minimum Gasteiger partial charge on any atom is -0.347 e. The highest BCUT2D eigenvalue weighted by Crippen LogP contribution is 2.07. The Labute approximate surface area is 101 Å². The summed E-state index contributed by atoms with van der Waals surface area (Å²) in [5, 5.41) is 2.92. The molecule has 2 aromatic rings. The van der Waals surface area contributed by atoms with E-state index in [1.807, 2.05) is 61.1 Å². The fourth-order valence-electron chi connectivity index (χ4n) is 1.77. The van der Waals surface area contributed by atoms with E-state index >= 15 is 0 Å². The molecule has 0 bridgehead atoms. The van der Waals surface area contributed by atoms with Crippen LogP contribution in [0.25, 0.3) is 0 Å². The Morgan fingerprint density at radius 2 is 2.00 bits per heavy atom. The van der Waals surface area contributed by atoms with Gasteiger partial charge >= 0.3 is 0 Å². The lowest BCUT2D eigenvalue weighted by Gasteiger charge is -2.08. The zero-order valence-electron chi connectivity index (χ0n) is 10.1. The molecular formula is C14H16N2O. The molecule has 0 aliphatic heterocycles. The molecule has 1 amide bonds. The molecule has 1 N–H and O–H groups in total. The van der Waals surface area contributed by atoms with Crippen molar-refractivity contribution < 1.29 is 4.79 Å². The smallest absolute Gasteiger partial charge is 0.268 e. The predicted octanol–water partition coefficient (Wildman–Crippen LogP) is 2.26. The average Bonchev–Trinajstić information content (AvgIpc) is 2.74. The summed E-state index contributed by atoms with van der Waals surface area (Å²) in [6.07, 6.45) is 1.86. The second-order valence-corrected chi connectivity index (χ2v) is 4.11. The van der Waals surface area contributed by atoms with Crippen molar-refractivity contribution in [2.75, 3.05) is 0 Å². The number of carbonyl (C=O) groups is 1. The van der Waals surface area contributed by atoms with Crippen molar-refractivity contribution >= 4 is 5.91 Å². The number of hydrogen-bond acceptors (Lipinski definition) is 1. The van der Waals surface area contributed by atoms with Crippen molar-refractivity contribution in [1.82, 2.24) is 9.88 Å². The SMILES string of the molecule is Cc1ccccc1CNC(=O)c1cccn1C. The quantitative estimate of drug-likeness (QED) is 0.859. The summed E-state index contributed by atoms with van der Waals surface area (Å²) in [6.45, 7) is 2.61. The second kappa shape index (κ2) is 4.87. The molecule has 3 heteroatoms. The van der Waals surface area contributed by atoms with Crippen molar-refractivity contribution in [3.8, 4) is 0 Å². The Hall–Kier alpha value is -2.03. The molecule has 2 rings (SSSR count). The van der Waals surface area contributed by atoms with Crippen molar-refractivity contribution in [3.05, 3.63) is 59.4 Å². The van der Waals surface area contributed by atoms with E-state index in [1.165, 1.54) is 5.56 Å². The Bertz CT molecular complexity index is 529. The van der Waals surface area contributed by atoms with Gasteiger partial charge in [-0.25, -0.2) is 0 Å². The van der Waals surface area contributed by atoms with Crippen LogP contribution in [0.1, 0.15) is 21.6 Å². The lowest BCUT2D eigenvalue weighted by Crippen LogP contribution is -2.25. The number of rotatable bonds is 3. The first-order valence-electron chi connectivity index (χ1n) is 5.62. The minimum atomic E-state index is -0.0410. The highest BCUT2D eigenvalue weighted by atomic mass is 16.1. The van der Waals surface area contributed by atoms with E-state index in [4.69, 9.17) is 0 Å². The maximum Gasteiger partial charge on any atom is 0.268 e. The largest absolute Gasteiger partial charge is 0.347 e. The van der Waals surface area contributed by atoms with Crippen LogP contribution in [0.15, 0.2) is 42.6 Å². The lowest BCUT2D eigenvalue weighted by atomic mass is 10.1. The Kier molecular flexibility index (Phi) is 3.28. The molecule has 0 saturated carbocycles. The number of aryl methyl sites for hydroxylation is 2. The summed E-state index contributed by atoms with van der Waals surface area (Å²) in [4.78, 5) is 11.9. The summed E-state index contributed by atoms with van der Waals surface area (Å²) in [5.74, 6) is -0.0410. The van der Waals surface area contributed by atoms with Gasteiger partial charge in [0.15, 0.2) is 0 Å². The third-order valence-corrected chi connectivity index (χ3v) is 2.88. The first-order valence-corrected chi connectivity index (χ1v) is 5.62. The fraction of sp³-hybridized carbons (Fsp3) is 0.214. The summed E-state index contributed by atoms with van der Waals surface area (Å²) < 4.78 is 1.81. The zero-order chi connectivity index (χ0) is 12.3. The van der Waals surface area contributed by atoms with Crippen molar-refractivity contribution in [1.29, 1.82) is 0 Å². The molecule has 0 fully saturated rings. The molecule has 1 aromatic carbocycles. The molecule has 0 unspecified atom stereocenters. The fourth-order valence-corrected chi connectivity index (χ4v) is 1.77. The molecule has 3 nitrogen and oxygen atoms in total. The van der Waals surface area contributed by atoms with Gasteiger partial charge in [-0.05, 0) is 30.2 Å². The van der Waals surface area contributed by atoms with Crippen molar-refractivity contribution in [2.45, 2.75) is 13.5 Å². The van der Waals surface area contributed by atoms with Gasteiger partial charge in [0, 0.05) is 19.8 Å². The van der Waals surface area contributed by atoms with Gasteiger partial charge in [0.2, 0.25) is 0 Å². The van der Waals surface area contributed by atoms with Gasteiger partial charge < -0.3 is 9.88 Å². The Morgan fingerprint density at radius 3 is 2.65 bits per heavy atom. The van der Waals surface area contributed by atoms with Crippen LogP contribution in [-0.4, -0.2) is 10.5 Å². The minimum absolute atomic E-state index is 0.0410. The number of hydrogen-bond donors (Lipinski definition) is 1. The van der Waals surface area contributed by atoms with E-state index in [2.05, 4.69) is 5.32 Å². The normalized spacial score (nSPS) is 10.2. The van der Waals surface area contributed by atoms with E-state index in [0.29, 0.717) is 12.2 Å². The third kappa shape index (κ3) is 2.56. The maximum absolute atomic E-state index is 11.9. The number of amides is 1. The highest BCUT2D eigenvalue weighted by Gasteiger charge is 2.08. The number of nitrogens with one attached hydrogen (secondary N) is 1. The molecule has 1 heterocycles. The average molecular weight is 228 g/mol. The summed E-state index contributed by atoms with van der Waals surface area (Å²) in [5.41, 5.74) is 3.02. The molecule has 0 saturated heterocycles. The van der Waals surface area contributed by atoms with Gasteiger partial charge in [0.25, 0.3) is 5.91 Å². The first-order chi connectivity index (χ1) is 8.18. The molecule has 0 aliphatic rings. The molecule has 88 valence electrons. The van der Waals surface area contributed by atoms with Crippen LogP contribution in [-0.2, 0) is 13.6 Å². The molecule has 0 aliphatic carbocycles. The monoisotopic (exact) mass is 228 g/mol. The van der Waals surface area contributed by atoms with Gasteiger partial charge in [-0.1, -0.05) is 24.3 Å². The van der Waals surface area contributed by atoms with Crippen LogP contribution < -0.4 is 5.32 Å². The third-order valence-electron chi connectivity index (χ3n) is 2.88. The number of nitrogens with zero attached hydrogens (tertiary/aromatic N) is 1. The van der Waals surface area contributed by atoms with Crippen LogP contribution in [0.5, 0.6) is 0 Å². The highest BCUT2D eigenvalue weighted by molar-refractivity contribution is 5.92. The van der Waals surface area contributed by atoms with Crippen molar-refractivity contribution in [3.63, 3.8) is 0 Å². The number of aromatic nitrogens is 1. The van der Waals surface area contributed by atoms with Gasteiger partial charge in [-0.3, -0.25) is 4.79 Å². The molecule has 0 spiro atoms. The summed E-state index contributed by atoms with van der Waals surface area (Å²) in [6, 6.07) is 11.7. The van der Waals surface area contributed by atoms with Gasteiger partial charge in [-0.15, -0.1) is 0 Å². The van der Waals surface area contributed by atoms with E-state index in [-0.39, 0.29) is 5.91 Å². The molecule has 0 radical (unpaired) electrons. The Balaban J connectivity index is 2.02. The van der Waals surface area contributed by atoms with E-state index in [9.17, 15) is 4.79 Å². The Morgan fingerprint density at radius 1 is 1.24 bits per heavy atom. The summed E-state index contributed by atoms with van der Waals surface area (Å²) in [7, 11) is 1.86. The molecule has 1 aromatic heterocycles. The van der Waals surface area contributed by atoms with E-state index < -0.39 is 0 Å². The van der Waals surface area contributed by atoms with E-state index in [0.717, 1.165) is 5.56 Å². The van der Waals surface area contributed by atoms with Crippen LogP contribution in [0, 0.1) is 6.92 Å². The second-order valence-electron chi connectivity index (χ2n) is 4.11. The summed E-state index contributed by atoms with van der Waals surface area (Å²) >= 11 is 0. The number of benzene rings is 1. The lowest BCUT2D eigenvalue weighted by molar-refractivity contribution is 0.0943. The predicted molar refractivity (Wildman–Crippen MR) is 67.8 cm³/mol. The van der Waals surface area contributed by atoms with Crippen molar-refractivity contribution in [2.24, 2.45) is 7.05 Å².